The predicted octanol–water partition coefficient (Wildman–Crippen LogP) is 2.33. The molecule has 0 aliphatic rings. The summed E-state index contributed by atoms with van der Waals surface area (Å²) in [6, 6.07) is 18.6. The van der Waals surface area contributed by atoms with E-state index < -0.39 is 10.0 Å². The molecular weight excluding hydrogens is 324 g/mol. The quantitative estimate of drug-likeness (QED) is 0.837. The van der Waals surface area contributed by atoms with Crippen LogP contribution in [0.3, 0.4) is 0 Å². The highest BCUT2D eigenvalue weighted by Crippen LogP contribution is 2.12. The van der Waals surface area contributed by atoms with Crippen molar-refractivity contribution < 1.29 is 13.2 Å². The Balaban J connectivity index is 2.02. The van der Waals surface area contributed by atoms with Crippen LogP contribution in [0.2, 0.25) is 0 Å². The van der Waals surface area contributed by atoms with Crippen molar-refractivity contribution in [2.75, 3.05) is 12.8 Å². The zero-order chi connectivity index (χ0) is 17.6. The molecule has 0 radical (unpaired) electrons. The number of carbonyl (C=O) groups is 1. The molecule has 24 heavy (non-hydrogen) atoms. The van der Waals surface area contributed by atoms with E-state index in [9.17, 15) is 13.2 Å². The Bertz CT molecular complexity index is 761. The smallest absolute Gasteiger partial charge is 0.235 e. The van der Waals surface area contributed by atoms with Gasteiger partial charge in [0.1, 0.15) is 0 Å². The number of benzene rings is 2. The van der Waals surface area contributed by atoms with Crippen LogP contribution in [-0.2, 0) is 21.4 Å². The van der Waals surface area contributed by atoms with E-state index >= 15 is 0 Å². The summed E-state index contributed by atoms with van der Waals surface area (Å²) in [6.07, 6.45) is 1.11. The molecule has 6 heteroatoms. The molecule has 1 N–H and O–H groups in total. The van der Waals surface area contributed by atoms with Crippen LogP contribution in [0.5, 0.6) is 0 Å². The number of carbonyl (C=O) groups excluding carboxylic acids is 1. The average molecular weight is 346 g/mol. The first-order valence-electron chi connectivity index (χ1n) is 7.69. The van der Waals surface area contributed by atoms with E-state index in [0.29, 0.717) is 0 Å². The van der Waals surface area contributed by atoms with Crippen LogP contribution in [0.4, 0.5) is 0 Å². The Labute approximate surface area is 143 Å². The van der Waals surface area contributed by atoms with E-state index in [1.807, 2.05) is 67.6 Å². The van der Waals surface area contributed by atoms with Gasteiger partial charge in [0, 0.05) is 6.54 Å². The van der Waals surface area contributed by atoms with E-state index in [0.717, 1.165) is 17.4 Å². The van der Waals surface area contributed by atoms with Crippen molar-refractivity contribution in [2.24, 2.45) is 0 Å². The van der Waals surface area contributed by atoms with Gasteiger partial charge in [-0.1, -0.05) is 60.7 Å². The topological polar surface area (TPSA) is 66.5 Å². The second-order valence-electron chi connectivity index (χ2n) is 5.72. The third-order valence-electron chi connectivity index (χ3n) is 3.67. The number of nitrogens with one attached hydrogen (secondary N) is 1. The highest BCUT2D eigenvalue weighted by molar-refractivity contribution is 7.88. The first-order valence-corrected chi connectivity index (χ1v) is 9.54. The van der Waals surface area contributed by atoms with Crippen molar-refractivity contribution in [3.05, 3.63) is 71.8 Å². The molecule has 0 heterocycles. The second-order valence-corrected chi connectivity index (χ2v) is 7.70. The molecule has 0 aliphatic carbocycles. The zero-order valence-electron chi connectivity index (χ0n) is 13.8. The molecule has 2 aromatic carbocycles. The molecule has 0 saturated heterocycles. The van der Waals surface area contributed by atoms with Crippen molar-refractivity contribution >= 4 is 15.9 Å². The molecule has 2 rings (SSSR count). The summed E-state index contributed by atoms with van der Waals surface area (Å²) < 4.78 is 25.1. The number of hydrogen-bond acceptors (Lipinski definition) is 3. The molecule has 0 spiro atoms. The molecule has 1 amide bonds. The van der Waals surface area contributed by atoms with Crippen LogP contribution >= 0.6 is 0 Å². The second kappa shape index (κ2) is 8.08. The third kappa shape index (κ3) is 5.47. The third-order valence-corrected chi connectivity index (χ3v) is 4.86. The highest BCUT2D eigenvalue weighted by atomic mass is 32.2. The lowest BCUT2D eigenvalue weighted by atomic mass is 10.1. The Morgan fingerprint density at radius 3 is 2.12 bits per heavy atom. The summed E-state index contributed by atoms with van der Waals surface area (Å²) in [7, 11) is -3.49. The van der Waals surface area contributed by atoms with E-state index in [2.05, 4.69) is 5.32 Å². The molecule has 0 aromatic heterocycles. The van der Waals surface area contributed by atoms with Gasteiger partial charge in [-0.25, -0.2) is 8.42 Å². The van der Waals surface area contributed by atoms with Crippen LogP contribution in [-0.4, -0.2) is 31.4 Å². The normalized spacial score (nSPS) is 12.8. The fraction of sp³-hybridized carbons (Fsp3) is 0.278. The molecule has 1 atom stereocenters. The van der Waals surface area contributed by atoms with Crippen molar-refractivity contribution in [1.82, 2.24) is 9.62 Å². The minimum Gasteiger partial charge on any atom is -0.348 e. The monoisotopic (exact) mass is 346 g/mol. The van der Waals surface area contributed by atoms with Gasteiger partial charge in [-0.15, -0.1) is 0 Å². The summed E-state index contributed by atoms with van der Waals surface area (Å²) in [6.45, 7) is 1.84. The van der Waals surface area contributed by atoms with Gasteiger partial charge >= 0.3 is 0 Å². The maximum absolute atomic E-state index is 12.3. The van der Waals surface area contributed by atoms with Gasteiger partial charge < -0.3 is 5.32 Å². The van der Waals surface area contributed by atoms with Crippen molar-refractivity contribution in [3.63, 3.8) is 0 Å². The molecule has 0 unspecified atom stereocenters. The van der Waals surface area contributed by atoms with Gasteiger partial charge in [0.05, 0.1) is 18.8 Å². The zero-order valence-corrected chi connectivity index (χ0v) is 14.7. The van der Waals surface area contributed by atoms with Crippen LogP contribution < -0.4 is 5.32 Å². The Morgan fingerprint density at radius 2 is 1.58 bits per heavy atom. The molecule has 5 nitrogen and oxygen atoms in total. The van der Waals surface area contributed by atoms with E-state index in [1.165, 1.54) is 4.31 Å². The molecule has 0 saturated carbocycles. The lowest BCUT2D eigenvalue weighted by molar-refractivity contribution is -0.122. The lowest BCUT2D eigenvalue weighted by Gasteiger charge is -2.21. The summed E-state index contributed by atoms with van der Waals surface area (Å²) in [4.78, 5) is 12.3. The molecule has 0 aliphatic heterocycles. The predicted molar refractivity (Wildman–Crippen MR) is 94.7 cm³/mol. The Kier molecular flexibility index (Phi) is 6.11. The Hall–Kier alpha value is -2.18. The van der Waals surface area contributed by atoms with Gasteiger partial charge in [-0.05, 0) is 18.1 Å². The SMILES string of the molecule is C[C@@H](NC(=O)CN(Cc1ccccc1)S(C)(=O)=O)c1ccccc1. The van der Waals surface area contributed by atoms with Crippen LogP contribution in [0.15, 0.2) is 60.7 Å². The minimum atomic E-state index is -3.49. The first-order chi connectivity index (χ1) is 11.4. The standard InChI is InChI=1S/C18H22N2O3S/c1-15(17-11-7-4-8-12-17)19-18(21)14-20(24(2,22)23)13-16-9-5-3-6-10-16/h3-12,15H,13-14H2,1-2H3,(H,19,21)/t15-/m1/s1. The Morgan fingerprint density at radius 1 is 1.04 bits per heavy atom. The fourth-order valence-electron chi connectivity index (χ4n) is 2.35. The fourth-order valence-corrected chi connectivity index (χ4v) is 3.09. The molecular formula is C18H22N2O3S. The first kappa shape index (κ1) is 18.2. The lowest BCUT2D eigenvalue weighted by Crippen LogP contribution is -2.40. The molecule has 0 bridgehead atoms. The van der Waals surface area contributed by atoms with Gasteiger partial charge in [0.25, 0.3) is 0 Å². The summed E-state index contributed by atoms with van der Waals surface area (Å²) >= 11 is 0. The van der Waals surface area contributed by atoms with E-state index in [4.69, 9.17) is 0 Å². The van der Waals surface area contributed by atoms with Crippen molar-refractivity contribution in [1.29, 1.82) is 0 Å². The van der Waals surface area contributed by atoms with Crippen LogP contribution in [0.25, 0.3) is 0 Å². The van der Waals surface area contributed by atoms with Gasteiger partial charge in [0.15, 0.2) is 0 Å². The average Bonchev–Trinajstić information content (AvgIpc) is 2.55. The number of amides is 1. The van der Waals surface area contributed by atoms with Crippen LogP contribution in [0, 0.1) is 0 Å². The number of hydrogen-bond donors (Lipinski definition) is 1. The van der Waals surface area contributed by atoms with Gasteiger partial charge in [-0.2, -0.15) is 4.31 Å². The number of rotatable bonds is 7. The highest BCUT2D eigenvalue weighted by Gasteiger charge is 2.21. The maximum Gasteiger partial charge on any atom is 0.235 e. The molecule has 0 fully saturated rings. The molecule has 2 aromatic rings. The summed E-state index contributed by atoms with van der Waals surface area (Å²) in [5, 5.41) is 2.84. The maximum atomic E-state index is 12.3. The number of sulfonamides is 1. The van der Waals surface area contributed by atoms with Gasteiger partial charge in [0.2, 0.25) is 15.9 Å². The van der Waals surface area contributed by atoms with E-state index in [-0.39, 0.29) is 25.0 Å². The summed E-state index contributed by atoms with van der Waals surface area (Å²) in [5.74, 6) is -0.326. The number of nitrogens with zero attached hydrogens (tertiary/aromatic N) is 1. The van der Waals surface area contributed by atoms with Gasteiger partial charge in [-0.3, -0.25) is 4.79 Å². The largest absolute Gasteiger partial charge is 0.348 e. The minimum absolute atomic E-state index is 0.173. The summed E-state index contributed by atoms with van der Waals surface area (Å²) in [5.41, 5.74) is 1.81. The molecule has 128 valence electrons. The van der Waals surface area contributed by atoms with Crippen molar-refractivity contribution in [2.45, 2.75) is 19.5 Å². The van der Waals surface area contributed by atoms with Crippen molar-refractivity contribution in [3.8, 4) is 0 Å². The van der Waals surface area contributed by atoms with E-state index in [1.54, 1.807) is 0 Å². The van der Waals surface area contributed by atoms with Crippen LogP contribution in [0.1, 0.15) is 24.1 Å².